The van der Waals surface area contributed by atoms with Crippen LogP contribution in [0.4, 0.5) is 4.79 Å². The van der Waals surface area contributed by atoms with Gasteiger partial charge in [0, 0.05) is 0 Å². The Morgan fingerprint density at radius 3 is 2.27 bits per heavy atom. The zero-order chi connectivity index (χ0) is 28.6. The van der Waals surface area contributed by atoms with Crippen molar-refractivity contribution in [2.45, 2.75) is 40.3 Å². The quantitative estimate of drug-likeness (QED) is 0.207. The van der Waals surface area contributed by atoms with Gasteiger partial charge in [-0.3, -0.25) is 19.8 Å². The highest BCUT2D eigenvalue weighted by molar-refractivity contribution is 9.10. The molecule has 3 aromatic carbocycles. The third-order valence-electron chi connectivity index (χ3n) is 6.08. The number of halogens is 1. The molecule has 208 valence electrons. The van der Waals surface area contributed by atoms with Crippen LogP contribution >= 0.6 is 15.9 Å². The van der Waals surface area contributed by atoms with Crippen molar-refractivity contribution in [1.29, 1.82) is 0 Å². The first kappa shape index (κ1) is 28.9. The minimum atomic E-state index is -0.780. The van der Waals surface area contributed by atoms with E-state index in [1.807, 2.05) is 45.0 Å². The molecule has 9 heteroatoms. The fourth-order valence-corrected chi connectivity index (χ4v) is 4.52. The van der Waals surface area contributed by atoms with Crippen LogP contribution in [0.15, 0.2) is 70.7 Å². The lowest BCUT2D eigenvalue weighted by atomic mass is 10.1. The number of carbonyl (C=O) groups is 3. The molecule has 0 saturated carbocycles. The third-order valence-corrected chi connectivity index (χ3v) is 6.70. The number of ether oxygens (including phenoxy) is 3. The largest absolute Gasteiger partial charge is 0.490 e. The first-order valence-electron chi connectivity index (χ1n) is 13.0. The van der Waals surface area contributed by atoms with Crippen LogP contribution in [0.25, 0.3) is 6.08 Å². The van der Waals surface area contributed by atoms with E-state index < -0.39 is 17.8 Å². The second kappa shape index (κ2) is 13.3. The minimum absolute atomic E-state index is 0.0428. The van der Waals surface area contributed by atoms with Crippen LogP contribution in [0.5, 0.6) is 17.2 Å². The SMILES string of the molecule is CCCOc1ccc(CN2C(=O)NC(=O)/C(=C\c3ccc(OCc4ccc(C)cc4)c(Br)c3)C2=O)cc1OCC. The third kappa shape index (κ3) is 7.09. The summed E-state index contributed by atoms with van der Waals surface area (Å²) in [5.74, 6) is 0.304. The molecule has 8 nitrogen and oxygen atoms in total. The van der Waals surface area contributed by atoms with Crippen molar-refractivity contribution in [1.82, 2.24) is 10.2 Å². The lowest BCUT2D eigenvalue weighted by Gasteiger charge is -2.26. The Morgan fingerprint density at radius 2 is 1.57 bits per heavy atom. The number of carbonyl (C=O) groups excluding carboxylic acids is 3. The Kier molecular flexibility index (Phi) is 9.60. The first-order chi connectivity index (χ1) is 19.3. The van der Waals surface area contributed by atoms with Crippen molar-refractivity contribution in [3.05, 3.63) is 93.0 Å². The molecule has 0 bridgehead atoms. The zero-order valence-electron chi connectivity index (χ0n) is 22.7. The summed E-state index contributed by atoms with van der Waals surface area (Å²) in [7, 11) is 0. The smallest absolute Gasteiger partial charge is 0.331 e. The number of imide groups is 2. The second-order valence-corrected chi connectivity index (χ2v) is 10.1. The summed E-state index contributed by atoms with van der Waals surface area (Å²) in [6, 6.07) is 17.8. The fraction of sp³-hybridized carbons (Fsp3) is 0.258. The van der Waals surface area contributed by atoms with E-state index in [9.17, 15) is 14.4 Å². The number of rotatable bonds is 11. The molecule has 40 heavy (non-hydrogen) atoms. The fourth-order valence-electron chi connectivity index (χ4n) is 4.01. The molecule has 0 radical (unpaired) electrons. The van der Waals surface area contributed by atoms with Crippen LogP contribution in [0.1, 0.15) is 42.5 Å². The van der Waals surface area contributed by atoms with Crippen molar-refractivity contribution in [2.24, 2.45) is 0 Å². The average Bonchev–Trinajstić information content (AvgIpc) is 2.93. The number of aryl methyl sites for hydroxylation is 1. The predicted molar refractivity (Wildman–Crippen MR) is 155 cm³/mol. The zero-order valence-corrected chi connectivity index (χ0v) is 24.2. The number of hydrogen-bond donors (Lipinski definition) is 1. The number of amides is 4. The molecule has 4 rings (SSSR count). The lowest BCUT2D eigenvalue weighted by Crippen LogP contribution is -2.53. The summed E-state index contributed by atoms with van der Waals surface area (Å²) in [4.78, 5) is 39.5. The van der Waals surface area contributed by atoms with Gasteiger partial charge in [0.25, 0.3) is 11.8 Å². The van der Waals surface area contributed by atoms with E-state index in [0.717, 1.165) is 16.9 Å². The number of hydrogen-bond acceptors (Lipinski definition) is 6. The van der Waals surface area contributed by atoms with Gasteiger partial charge in [0.1, 0.15) is 17.9 Å². The van der Waals surface area contributed by atoms with Crippen LogP contribution in [0.2, 0.25) is 0 Å². The number of barbiturate groups is 1. The standard InChI is InChI=1S/C31H31BrN2O6/c1-4-14-39-27-13-11-23(17-28(27)38-5-2)18-34-30(36)24(29(35)33-31(34)37)15-22-10-12-26(25(32)16-22)40-19-21-8-6-20(3)7-9-21/h6-13,15-17H,4-5,14,18-19H2,1-3H3,(H,33,35,37)/b24-15+. The highest BCUT2D eigenvalue weighted by Gasteiger charge is 2.35. The van der Waals surface area contributed by atoms with E-state index in [1.165, 1.54) is 11.6 Å². The molecular weight excluding hydrogens is 576 g/mol. The lowest BCUT2D eigenvalue weighted by molar-refractivity contribution is -0.130. The maximum Gasteiger partial charge on any atom is 0.331 e. The van der Waals surface area contributed by atoms with E-state index in [0.29, 0.717) is 52.7 Å². The van der Waals surface area contributed by atoms with Gasteiger partial charge >= 0.3 is 6.03 Å². The molecule has 1 N–H and O–H groups in total. The normalized spacial score (nSPS) is 14.3. The number of benzene rings is 3. The molecule has 1 aliphatic heterocycles. The van der Waals surface area contributed by atoms with Gasteiger partial charge < -0.3 is 14.2 Å². The molecular formula is C31H31BrN2O6. The molecule has 0 aromatic heterocycles. The van der Waals surface area contributed by atoms with Crippen molar-refractivity contribution >= 4 is 39.9 Å². The van der Waals surface area contributed by atoms with Gasteiger partial charge in [-0.05, 0) is 83.2 Å². The molecule has 1 aliphatic rings. The molecule has 4 amide bonds. The summed E-state index contributed by atoms with van der Waals surface area (Å²) in [5.41, 5.74) is 3.32. The van der Waals surface area contributed by atoms with Gasteiger partial charge in [-0.2, -0.15) is 0 Å². The topological polar surface area (TPSA) is 94.2 Å². The highest BCUT2D eigenvalue weighted by Crippen LogP contribution is 2.31. The van der Waals surface area contributed by atoms with E-state index in [4.69, 9.17) is 14.2 Å². The van der Waals surface area contributed by atoms with Crippen LogP contribution in [-0.4, -0.2) is 36.0 Å². The van der Waals surface area contributed by atoms with Crippen LogP contribution < -0.4 is 19.5 Å². The molecule has 0 unspecified atom stereocenters. The molecule has 0 atom stereocenters. The number of urea groups is 1. The van der Waals surface area contributed by atoms with Crippen molar-refractivity contribution in [2.75, 3.05) is 13.2 Å². The van der Waals surface area contributed by atoms with Crippen molar-refractivity contribution in [3.8, 4) is 17.2 Å². The summed E-state index contributed by atoms with van der Waals surface area (Å²) >= 11 is 3.51. The summed E-state index contributed by atoms with van der Waals surface area (Å²) < 4.78 is 18.0. The van der Waals surface area contributed by atoms with Crippen molar-refractivity contribution in [3.63, 3.8) is 0 Å². The molecule has 1 heterocycles. The minimum Gasteiger partial charge on any atom is -0.490 e. The van der Waals surface area contributed by atoms with Gasteiger partial charge in [-0.15, -0.1) is 0 Å². The van der Waals surface area contributed by atoms with Crippen molar-refractivity contribution < 1.29 is 28.6 Å². The number of nitrogens with one attached hydrogen (secondary N) is 1. The van der Waals surface area contributed by atoms with Gasteiger partial charge in [-0.25, -0.2) is 4.79 Å². The highest BCUT2D eigenvalue weighted by atomic mass is 79.9. The summed E-state index contributed by atoms with van der Waals surface area (Å²) in [6.45, 7) is 7.23. The molecule has 0 aliphatic carbocycles. The predicted octanol–water partition coefficient (Wildman–Crippen LogP) is 6.19. The maximum absolute atomic E-state index is 13.3. The van der Waals surface area contributed by atoms with Gasteiger partial charge in [0.05, 0.1) is 24.2 Å². The average molecular weight is 608 g/mol. The van der Waals surface area contributed by atoms with Gasteiger partial charge in [0.2, 0.25) is 0 Å². The maximum atomic E-state index is 13.3. The van der Waals surface area contributed by atoms with Crippen LogP contribution in [-0.2, 0) is 22.7 Å². The van der Waals surface area contributed by atoms with Gasteiger partial charge in [-0.1, -0.05) is 48.9 Å². The Balaban J connectivity index is 1.50. The van der Waals surface area contributed by atoms with Crippen LogP contribution in [0, 0.1) is 6.92 Å². The van der Waals surface area contributed by atoms with E-state index in [-0.39, 0.29) is 12.1 Å². The summed E-state index contributed by atoms with van der Waals surface area (Å²) in [5, 5.41) is 2.26. The molecule has 0 spiro atoms. The second-order valence-electron chi connectivity index (χ2n) is 9.24. The number of nitrogens with zero attached hydrogens (tertiary/aromatic N) is 1. The Hall–Kier alpha value is -4.11. The van der Waals surface area contributed by atoms with Crippen LogP contribution in [0.3, 0.4) is 0 Å². The Morgan fingerprint density at radius 1 is 0.850 bits per heavy atom. The molecule has 3 aromatic rings. The molecule has 1 fully saturated rings. The van der Waals surface area contributed by atoms with E-state index in [2.05, 4.69) is 21.2 Å². The summed E-state index contributed by atoms with van der Waals surface area (Å²) in [6.07, 6.45) is 2.30. The van der Waals surface area contributed by atoms with Gasteiger partial charge in [0.15, 0.2) is 11.5 Å². The van der Waals surface area contributed by atoms with E-state index >= 15 is 0 Å². The Bertz CT molecular complexity index is 1430. The molecule has 1 saturated heterocycles. The Labute approximate surface area is 242 Å². The monoisotopic (exact) mass is 606 g/mol. The first-order valence-corrected chi connectivity index (χ1v) is 13.8. The van der Waals surface area contributed by atoms with E-state index in [1.54, 1.807) is 36.4 Å².